The van der Waals surface area contributed by atoms with E-state index in [9.17, 15) is 18.5 Å². The minimum Gasteiger partial charge on any atom is -0.328 e. The number of hydrogen-bond acceptors (Lipinski definition) is 5. The number of rotatable bonds is 7. The Morgan fingerprint density at radius 1 is 1.32 bits per heavy atom. The molecule has 0 amide bonds. The van der Waals surface area contributed by atoms with Crippen molar-refractivity contribution in [3.8, 4) is 0 Å². The number of nitro benzene ring substituents is 1. The van der Waals surface area contributed by atoms with Crippen LogP contribution in [0.15, 0.2) is 29.2 Å². The van der Waals surface area contributed by atoms with Crippen molar-refractivity contribution in [3.63, 3.8) is 0 Å². The molecule has 0 heterocycles. The summed E-state index contributed by atoms with van der Waals surface area (Å²) in [7, 11) is -3.62. The van der Waals surface area contributed by atoms with Gasteiger partial charge in [0.1, 0.15) is 4.90 Å². The molecule has 1 rings (SSSR count). The summed E-state index contributed by atoms with van der Waals surface area (Å²) < 4.78 is 24.1. The van der Waals surface area contributed by atoms with E-state index in [4.69, 9.17) is 5.73 Å². The quantitative estimate of drug-likeness (QED) is 0.468. The molecule has 1 atom stereocenters. The highest BCUT2D eigenvalue weighted by molar-refractivity contribution is 7.91. The fourth-order valence-corrected chi connectivity index (χ4v) is 3.29. The molecule has 0 saturated heterocycles. The van der Waals surface area contributed by atoms with Gasteiger partial charge in [-0.1, -0.05) is 18.6 Å². The van der Waals surface area contributed by atoms with Gasteiger partial charge in [0, 0.05) is 12.1 Å². The van der Waals surface area contributed by atoms with E-state index in [-0.39, 0.29) is 22.4 Å². The number of nitrogens with two attached hydrogens (primary N) is 1. The average Bonchev–Trinajstić information content (AvgIpc) is 2.34. The van der Waals surface area contributed by atoms with Crippen LogP contribution in [0.25, 0.3) is 0 Å². The first-order valence-electron chi connectivity index (χ1n) is 6.06. The largest absolute Gasteiger partial charge is 0.328 e. The van der Waals surface area contributed by atoms with Crippen molar-refractivity contribution in [1.29, 1.82) is 0 Å². The predicted octanol–water partition coefficient (Wildman–Crippen LogP) is 1.89. The standard InChI is InChI=1S/C12H18N2O4S/c1-10(13)6-4-5-9-19(17,18)12-8-3-2-7-11(12)14(15)16/h2-3,7-8,10H,4-6,9,13H2,1H3. The molecule has 106 valence electrons. The second-order valence-electron chi connectivity index (χ2n) is 4.52. The van der Waals surface area contributed by atoms with Crippen LogP contribution in [0.5, 0.6) is 0 Å². The molecule has 1 unspecified atom stereocenters. The van der Waals surface area contributed by atoms with Crippen LogP contribution in [-0.4, -0.2) is 25.1 Å². The van der Waals surface area contributed by atoms with Gasteiger partial charge in [-0.2, -0.15) is 0 Å². The van der Waals surface area contributed by atoms with Gasteiger partial charge in [-0.15, -0.1) is 0 Å². The van der Waals surface area contributed by atoms with Crippen molar-refractivity contribution in [2.24, 2.45) is 5.73 Å². The van der Waals surface area contributed by atoms with E-state index >= 15 is 0 Å². The smallest absolute Gasteiger partial charge is 0.287 e. The summed E-state index contributed by atoms with van der Waals surface area (Å²) in [6.45, 7) is 1.86. The molecule has 0 spiro atoms. The molecular formula is C12H18N2O4S. The zero-order valence-electron chi connectivity index (χ0n) is 10.8. The second-order valence-corrected chi connectivity index (χ2v) is 6.59. The predicted molar refractivity (Wildman–Crippen MR) is 72.6 cm³/mol. The number of sulfone groups is 1. The molecule has 0 fully saturated rings. The van der Waals surface area contributed by atoms with Crippen LogP contribution in [0.4, 0.5) is 5.69 Å². The maximum atomic E-state index is 12.1. The number of hydrogen-bond donors (Lipinski definition) is 1. The molecule has 19 heavy (non-hydrogen) atoms. The third-order valence-electron chi connectivity index (χ3n) is 2.72. The Bertz CT molecular complexity index is 540. The highest BCUT2D eigenvalue weighted by atomic mass is 32.2. The lowest BCUT2D eigenvalue weighted by Crippen LogP contribution is -2.15. The van der Waals surface area contributed by atoms with Crippen LogP contribution in [-0.2, 0) is 9.84 Å². The number of nitrogens with zero attached hydrogens (tertiary/aromatic N) is 1. The van der Waals surface area contributed by atoms with Gasteiger partial charge in [-0.25, -0.2) is 8.42 Å². The number of unbranched alkanes of at least 4 members (excludes halogenated alkanes) is 1. The van der Waals surface area contributed by atoms with Gasteiger partial charge in [-0.05, 0) is 25.8 Å². The summed E-state index contributed by atoms with van der Waals surface area (Å²) in [5, 5.41) is 10.8. The summed E-state index contributed by atoms with van der Waals surface area (Å²) in [6, 6.07) is 5.46. The fraction of sp³-hybridized carbons (Fsp3) is 0.500. The maximum absolute atomic E-state index is 12.1. The fourth-order valence-electron chi connectivity index (χ4n) is 1.74. The van der Waals surface area contributed by atoms with Crippen LogP contribution >= 0.6 is 0 Å². The molecule has 0 aliphatic rings. The van der Waals surface area contributed by atoms with Crippen molar-refractivity contribution in [2.45, 2.75) is 37.1 Å². The molecule has 0 saturated carbocycles. The SMILES string of the molecule is CC(N)CCCCS(=O)(=O)c1ccccc1[N+](=O)[O-]. The highest BCUT2D eigenvalue weighted by Gasteiger charge is 2.24. The van der Waals surface area contributed by atoms with Gasteiger partial charge < -0.3 is 5.73 Å². The molecule has 2 N–H and O–H groups in total. The van der Waals surface area contributed by atoms with Crippen molar-refractivity contribution in [2.75, 3.05) is 5.75 Å². The Balaban J connectivity index is 2.80. The lowest BCUT2D eigenvalue weighted by molar-refractivity contribution is -0.387. The van der Waals surface area contributed by atoms with Gasteiger partial charge in [0.15, 0.2) is 9.84 Å². The summed E-state index contributed by atoms with van der Waals surface area (Å²) in [4.78, 5) is 9.93. The molecule has 0 radical (unpaired) electrons. The zero-order valence-corrected chi connectivity index (χ0v) is 11.6. The third-order valence-corrected chi connectivity index (χ3v) is 4.56. The highest BCUT2D eigenvalue weighted by Crippen LogP contribution is 2.24. The van der Waals surface area contributed by atoms with Crippen molar-refractivity contribution >= 4 is 15.5 Å². The topological polar surface area (TPSA) is 103 Å². The van der Waals surface area contributed by atoms with Gasteiger partial charge in [-0.3, -0.25) is 10.1 Å². The van der Waals surface area contributed by atoms with Crippen LogP contribution in [0.1, 0.15) is 26.2 Å². The Morgan fingerprint density at radius 2 is 1.95 bits per heavy atom. The Morgan fingerprint density at radius 3 is 2.53 bits per heavy atom. The van der Waals surface area contributed by atoms with Gasteiger partial charge in [0.2, 0.25) is 0 Å². The van der Waals surface area contributed by atoms with E-state index < -0.39 is 14.8 Å². The molecule has 6 nitrogen and oxygen atoms in total. The first-order valence-corrected chi connectivity index (χ1v) is 7.71. The van der Waals surface area contributed by atoms with Gasteiger partial charge in [0.05, 0.1) is 10.7 Å². The van der Waals surface area contributed by atoms with E-state index in [0.29, 0.717) is 12.8 Å². The molecule has 7 heteroatoms. The van der Waals surface area contributed by atoms with E-state index in [1.807, 2.05) is 6.92 Å². The van der Waals surface area contributed by atoms with Gasteiger partial charge >= 0.3 is 0 Å². The van der Waals surface area contributed by atoms with Crippen molar-refractivity contribution in [1.82, 2.24) is 0 Å². The summed E-state index contributed by atoms with van der Waals surface area (Å²) in [5.41, 5.74) is 5.21. The average molecular weight is 286 g/mol. The molecule has 0 aromatic heterocycles. The monoisotopic (exact) mass is 286 g/mol. The van der Waals surface area contributed by atoms with E-state index in [1.54, 1.807) is 0 Å². The molecule has 1 aromatic rings. The van der Waals surface area contributed by atoms with Crippen LogP contribution in [0, 0.1) is 10.1 Å². The first-order chi connectivity index (χ1) is 8.84. The van der Waals surface area contributed by atoms with Crippen LogP contribution in [0.2, 0.25) is 0 Å². The Hall–Kier alpha value is -1.47. The minimum absolute atomic E-state index is 0.0359. The third kappa shape index (κ3) is 4.60. The first kappa shape index (κ1) is 15.6. The normalized spacial score (nSPS) is 13.2. The van der Waals surface area contributed by atoms with E-state index in [1.165, 1.54) is 24.3 Å². The Kier molecular flexibility index (Phi) is 5.44. The van der Waals surface area contributed by atoms with Crippen molar-refractivity contribution < 1.29 is 13.3 Å². The molecule has 1 aromatic carbocycles. The second kappa shape index (κ2) is 6.63. The number of nitro groups is 1. The zero-order chi connectivity index (χ0) is 14.5. The molecule has 0 bridgehead atoms. The summed E-state index contributed by atoms with van der Waals surface area (Å²) in [5.74, 6) is -0.0927. The van der Waals surface area contributed by atoms with Crippen LogP contribution in [0.3, 0.4) is 0 Å². The number of benzene rings is 1. The lowest BCUT2D eigenvalue weighted by Gasteiger charge is -2.06. The Labute approximate surface area is 112 Å². The maximum Gasteiger partial charge on any atom is 0.287 e. The van der Waals surface area contributed by atoms with E-state index in [2.05, 4.69) is 0 Å². The summed E-state index contributed by atoms with van der Waals surface area (Å²) in [6.07, 6.45) is 1.89. The van der Waals surface area contributed by atoms with E-state index in [0.717, 1.165) is 6.42 Å². The molecular weight excluding hydrogens is 268 g/mol. The van der Waals surface area contributed by atoms with Gasteiger partial charge in [0.25, 0.3) is 5.69 Å². The molecule has 0 aliphatic heterocycles. The summed E-state index contributed by atoms with van der Waals surface area (Å²) >= 11 is 0. The minimum atomic E-state index is -3.62. The van der Waals surface area contributed by atoms with Crippen molar-refractivity contribution in [3.05, 3.63) is 34.4 Å². The lowest BCUT2D eigenvalue weighted by atomic mass is 10.2. The molecule has 0 aliphatic carbocycles. The number of para-hydroxylation sites is 1. The van der Waals surface area contributed by atoms with Crippen LogP contribution < -0.4 is 5.73 Å².